The third-order valence-electron chi connectivity index (χ3n) is 2.57. The first kappa shape index (κ1) is 17.5. The summed E-state index contributed by atoms with van der Waals surface area (Å²) in [6.45, 7) is 0. The van der Waals surface area contributed by atoms with Gasteiger partial charge in [0.05, 0.1) is 10.8 Å². The molecule has 23 heavy (non-hydrogen) atoms. The number of rotatable bonds is 5. The topological polar surface area (TPSA) is 38.3 Å². The van der Waals surface area contributed by atoms with Crippen molar-refractivity contribution in [1.29, 1.82) is 0 Å². The summed E-state index contributed by atoms with van der Waals surface area (Å²) < 4.78 is 39.9. The summed E-state index contributed by atoms with van der Waals surface area (Å²) in [6.07, 6.45) is -4.74. The number of thioether (sulfide) groups is 1. The zero-order chi connectivity index (χ0) is 16.9. The highest BCUT2D eigenvalue weighted by Gasteiger charge is 2.30. The van der Waals surface area contributed by atoms with E-state index in [9.17, 15) is 18.0 Å². The maximum absolute atomic E-state index is 12.0. The van der Waals surface area contributed by atoms with Crippen molar-refractivity contribution in [3.63, 3.8) is 0 Å². The third kappa shape index (κ3) is 6.03. The van der Waals surface area contributed by atoms with Gasteiger partial charge in [0.25, 0.3) is 0 Å². The largest absolute Gasteiger partial charge is 0.573 e. The quantitative estimate of drug-likeness (QED) is 0.764. The van der Waals surface area contributed by atoms with Crippen molar-refractivity contribution in [2.45, 2.75) is 11.3 Å². The van der Waals surface area contributed by atoms with E-state index in [1.165, 1.54) is 23.9 Å². The van der Waals surface area contributed by atoms with Crippen LogP contribution in [0.15, 0.2) is 53.4 Å². The minimum absolute atomic E-state index is 0.129. The lowest BCUT2D eigenvalue weighted by Gasteiger charge is -2.10. The van der Waals surface area contributed by atoms with E-state index >= 15 is 0 Å². The zero-order valence-electron chi connectivity index (χ0n) is 11.6. The van der Waals surface area contributed by atoms with Gasteiger partial charge in [-0.2, -0.15) is 0 Å². The Balaban J connectivity index is 1.87. The molecule has 0 atom stereocenters. The van der Waals surface area contributed by atoms with E-state index in [0.29, 0.717) is 10.7 Å². The smallest absolute Gasteiger partial charge is 0.406 e. The van der Waals surface area contributed by atoms with Crippen LogP contribution in [0.5, 0.6) is 5.75 Å². The van der Waals surface area contributed by atoms with Crippen LogP contribution >= 0.6 is 23.4 Å². The minimum Gasteiger partial charge on any atom is -0.406 e. The molecule has 0 aliphatic carbocycles. The van der Waals surface area contributed by atoms with Gasteiger partial charge in [0, 0.05) is 10.6 Å². The van der Waals surface area contributed by atoms with Gasteiger partial charge in [-0.05, 0) is 36.4 Å². The number of benzene rings is 2. The monoisotopic (exact) mass is 361 g/mol. The van der Waals surface area contributed by atoms with Crippen molar-refractivity contribution in [3.05, 3.63) is 53.6 Å². The lowest BCUT2D eigenvalue weighted by Crippen LogP contribution is -2.17. The molecule has 0 aliphatic rings. The van der Waals surface area contributed by atoms with E-state index in [0.717, 1.165) is 17.0 Å². The first-order chi connectivity index (χ1) is 10.8. The number of ether oxygens (including phenoxy) is 1. The van der Waals surface area contributed by atoms with Crippen molar-refractivity contribution in [2.75, 3.05) is 11.1 Å². The standard InChI is InChI=1S/C15H11ClF3NO2S/c16-12-3-1-2-4-13(12)23-9-14(21)20-10-5-7-11(8-6-10)22-15(17,18)19/h1-8H,9H2,(H,20,21). The van der Waals surface area contributed by atoms with Crippen LogP contribution in [0.2, 0.25) is 5.02 Å². The molecule has 8 heteroatoms. The first-order valence-corrected chi connectivity index (χ1v) is 7.73. The van der Waals surface area contributed by atoms with Crippen molar-refractivity contribution in [1.82, 2.24) is 0 Å². The highest BCUT2D eigenvalue weighted by atomic mass is 35.5. The Kier molecular flexibility index (Phi) is 5.79. The Bertz CT molecular complexity index is 677. The van der Waals surface area contributed by atoms with Gasteiger partial charge in [-0.3, -0.25) is 4.79 Å². The number of carbonyl (C=O) groups is 1. The van der Waals surface area contributed by atoms with Crippen LogP contribution in [-0.4, -0.2) is 18.0 Å². The Morgan fingerprint density at radius 1 is 1.13 bits per heavy atom. The predicted octanol–water partition coefficient (Wildman–Crippen LogP) is 4.97. The molecular weight excluding hydrogens is 351 g/mol. The SMILES string of the molecule is O=C(CSc1ccccc1Cl)Nc1ccc(OC(F)(F)F)cc1. The number of anilines is 1. The average molecular weight is 362 g/mol. The van der Waals surface area contributed by atoms with Gasteiger partial charge < -0.3 is 10.1 Å². The van der Waals surface area contributed by atoms with Crippen LogP contribution in [0.1, 0.15) is 0 Å². The van der Waals surface area contributed by atoms with Crippen molar-refractivity contribution in [2.24, 2.45) is 0 Å². The van der Waals surface area contributed by atoms with Crippen LogP contribution in [-0.2, 0) is 4.79 Å². The summed E-state index contributed by atoms with van der Waals surface area (Å²) in [4.78, 5) is 12.6. The maximum atomic E-state index is 12.0. The fraction of sp³-hybridized carbons (Fsp3) is 0.133. The highest BCUT2D eigenvalue weighted by Crippen LogP contribution is 2.27. The molecule has 0 aliphatic heterocycles. The normalized spacial score (nSPS) is 11.1. The Labute approximate surface area is 139 Å². The highest BCUT2D eigenvalue weighted by molar-refractivity contribution is 8.00. The Morgan fingerprint density at radius 2 is 1.78 bits per heavy atom. The lowest BCUT2D eigenvalue weighted by atomic mass is 10.3. The second-order valence-corrected chi connectivity index (χ2v) is 5.76. The summed E-state index contributed by atoms with van der Waals surface area (Å²) >= 11 is 7.25. The van der Waals surface area contributed by atoms with E-state index in [2.05, 4.69) is 10.1 Å². The van der Waals surface area contributed by atoms with Crippen LogP contribution in [0, 0.1) is 0 Å². The van der Waals surface area contributed by atoms with Crippen LogP contribution in [0.25, 0.3) is 0 Å². The van der Waals surface area contributed by atoms with Gasteiger partial charge in [0.2, 0.25) is 5.91 Å². The fourth-order valence-electron chi connectivity index (χ4n) is 1.64. The van der Waals surface area contributed by atoms with Crippen molar-refractivity contribution < 1.29 is 22.7 Å². The second kappa shape index (κ2) is 7.61. The molecule has 0 unspecified atom stereocenters. The summed E-state index contributed by atoms with van der Waals surface area (Å²) in [7, 11) is 0. The number of alkyl halides is 3. The molecule has 1 amide bonds. The van der Waals surface area contributed by atoms with Crippen LogP contribution in [0.4, 0.5) is 18.9 Å². The van der Waals surface area contributed by atoms with Crippen LogP contribution < -0.4 is 10.1 Å². The molecule has 0 bridgehead atoms. The summed E-state index contributed by atoms with van der Waals surface area (Å²) in [6, 6.07) is 12.0. The van der Waals surface area contributed by atoms with E-state index in [-0.39, 0.29) is 17.4 Å². The van der Waals surface area contributed by atoms with Gasteiger partial charge in [-0.15, -0.1) is 24.9 Å². The molecule has 2 aromatic rings. The Hall–Kier alpha value is -1.86. The fourth-order valence-corrected chi connectivity index (χ4v) is 2.68. The molecular formula is C15H11ClF3NO2S. The van der Waals surface area contributed by atoms with Crippen LogP contribution in [0.3, 0.4) is 0 Å². The molecule has 0 heterocycles. The van der Waals surface area contributed by atoms with Gasteiger partial charge in [0.15, 0.2) is 0 Å². The van der Waals surface area contributed by atoms with Crippen molar-refractivity contribution in [3.8, 4) is 5.75 Å². The summed E-state index contributed by atoms with van der Waals surface area (Å²) in [5.74, 6) is -0.509. The number of hydrogen-bond donors (Lipinski definition) is 1. The molecule has 0 fully saturated rings. The molecule has 1 N–H and O–H groups in total. The number of hydrogen-bond acceptors (Lipinski definition) is 3. The molecule has 2 aromatic carbocycles. The molecule has 0 aromatic heterocycles. The zero-order valence-corrected chi connectivity index (χ0v) is 13.1. The summed E-state index contributed by atoms with van der Waals surface area (Å²) in [5, 5.41) is 3.14. The van der Waals surface area contributed by atoms with E-state index in [1.807, 2.05) is 6.07 Å². The van der Waals surface area contributed by atoms with Crippen molar-refractivity contribution >= 4 is 35.0 Å². The molecule has 0 spiro atoms. The predicted molar refractivity (Wildman–Crippen MR) is 83.9 cm³/mol. The number of carbonyl (C=O) groups excluding carboxylic acids is 1. The summed E-state index contributed by atoms with van der Waals surface area (Å²) in [5.41, 5.74) is 0.379. The molecule has 3 nitrogen and oxygen atoms in total. The first-order valence-electron chi connectivity index (χ1n) is 6.36. The molecule has 2 rings (SSSR count). The maximum Gasteiger partial charge on any atom is 0.573 e. The van der Waals surface area contributed by atoms with Gasteiger partial charge in [-0.25, -0.2) is 0 Å². The van der Waals surface area contributed by atoms with Gasteiger partial charge in [0.1, 0.15) is 5.75 Å². The number of amides is 1. The second-order valence-electron chi connectivity index (χ2n) is 4.34. The Morgan fingerprint density at radius 3 is 2.39 bits per heavy atom. The molecule has 0 saturated carbocycles. The van der Waals surface area contributed by atoms with Gasteiger partial charge in [-0.1, -0.05) is 23.7 Å². The lowest BCUT2D eigenvalue weighted by molar-refractivity contribution is -0.274. The molecule has 0 radical (unpaired) electrons. The third-order valence-corrected chi connectivity index (χ3v) is 4.08. The average Bonchev–Trinajstić information content (AvgIpc) is 2.47. The van der Waals surface area contributed by atoms with E-state index in [1.54, 1.807) is 18.2 Å². The molecule has 0 saturated heterocycles. The molecule has 122 valence electrons. The van der Waals surface area contributed by atoms with E-state index < -0.39 is 6.36 Å². The van der Waals surface area contributed by atoms with Gasteiger partial charge >= 0.3 is 6.36 Å². The number of halogens is 4. The number of nitrogens with one attached hydrogen (secondary N) is 1. The minimum atomic E-state index is -4.74. The van der Waals surface area contributed by atoms with E-state index in [4.69, 9.17) is 11.6 Å².